The highest BCUT2D eigenvalue weighted by Crippen LogP contribution is 2.38. The van der Waals surface area contributed by atoms with Gasteiger partial charge in [-0.3, -0.25) is 0 Å². The first-order valence-electron chi connectivity index (χ1n) is 3.94. The summed E-state index contributed by atoms with van der Waals surface area (Å²) in [5.41, 5.74) is 5.38. The van der Waals surface area contributed by atoms with Crippen LogP contribution in [0.15, 0.2) is 0 Å². The second-order valence-corrected chi connectivity index (χ2v) is 2.31. The second-order valence-electron chi connectivity index (χ2n) is 2.31. The Morgan fingerprint density at radius 2 is 1.91 bits per heavy atom. The molecular weight excluding hydrogens is 146 g/mol. The van der Waals surface area contributed by atoms with Gasteiger partial charge in [0.2, 0.25) is 0 Å². The molecule has 0 saturated carbocycles. The molecule has 4 nitrogen and oxygen atoms in total. The Kier molecular flexibility index (Phi) is 2.84. The molecule has 0 aromatic carbocycles. The Balaban J connectivity index is 2.35. The third kappa shape index (κ3) is 1.70. The molecule has 0 aromatic rings. The standard InChI is InChI=1S/C7H15NO3/c1-3-9-7(10-4-2)6(5-8)11-7/h6H,3-5,8H2,1-2H3. The van der Waals surface area contributed by atoms with Crippen molar-refractivity contribution in [2.24, 2.45) is 5.73 Å². The molecular formula is C7H15NO3. The van der Waals surface area contributed by atoms with Gasteiger partial charge >= 0.3 is 5.97 Å². The van der Waals surface area contributed by atoms with Gasteiger partial charge in [0.05, 0.1) is 0 Å². The fraction of sp³-hybridized carbons (Fsp3) is 1.00. The first kappa shape index (κ1) is 8.93. The Morgan fingerprint density at radius 1 is 1.36 bits per heavy atom. The van der Waals surface area contributed by atoms with Crippen LogP contribution in [0.4, 0.5) is 0 Å². The molecule has 66 valence electrons. The van der Waals surface area contributed by atoms with E-state index in [1.165, 1.54) is 0 Å². The zero-order valence-corrected chi connectivity index (χ0v) is 7.00. The van der Waals surface area contributed by atoms with Crippen molar-refractivity contribution in [1.29, 1.82) is 0 Å². The molecule has 1 saturated heterocycles. The number of hydrogen-bond donors (Lipinski definition) is 1. The number of epoxide rings is 1. The Labute approximate surface area is 66.6 Å². The predicted molar refractivity (Wildman–Crippen MR) is 39.9 cm³/mol. The van der Waals surface area contributed by atoms with Crippen LogP contribution in [-0.2, 0) is 14.2 Å². The Hall–Kier alpha value is -0.160. The maximum atomic E-state index is 5.38. The highest BCUT2D eigenvalue weighted by molar-refractivity contribution is 4.87. The van der Waals surface area contributed by atoms with E-state index in [0.29, 0.717) is 19.8 Å². The third-order valence-electron chi connectivity index (χ3n) is 1.55. The van der Waals surface area contributed by atoms with Gasteiger partial charge in [-0.2, -0.15) is 0 Å². The predicted octanol–water partition coefficient (Wildman–Crippen LogP) is 0.0707. The molecule has 0 radical (unpaired) electrons. The zero-order chi connectivity index (χ0) is 8.32. The molecule has 0 bridgehead atoms. The van der Waals surface area contributed by atoms with Crippen LogP contribution < -0.4 is 5.73 Å². The quantitative estimate of drug-likeness (QED) is 0.458. The highest BCUT2D eigenvalue weighted by Gasteiger charge is 2.59. The first-order valence-corrected chi connectivity index (χ1v) is 3.94. The third-order valence-corrected chi connectivity index (χ3v) is 1.55. The average Bonchev–Trinajstić information content (AvgIpc) is 2.65. The molecule has 1 rings (SSSR count). The van der Waals surface area contributed by atoms with Crippen LogP contribution in [0.5, 0.6) is 0 Å². The number of nitrogens with two attached hydrogens (primary N) is 1. The smallest absolute Gasteiger partial charge is 0.312 e. The van der Waals surface area contributed by atoms with Gasteiger partial charge in [-0.1, -0.05) is 0 Å². The summed E-state index contributed by atoms with van der Waals surface area (Å²) in [6.07, 6.45) is -0.0811. The van der Waals surface area contributed by atoms with Gasteiger partial charge in [0.1, 0.15) is 0 Å². The number of hydrogen-bond acceptors (Lipinski definition) is 4. The SMILES string of the molecule is CCOC1(OCC)OC1CN. The van der Waals surface area contributed by atoms with E-state index in [1.807, 2.05) is 13.8 Å². The molecule has 1 heterocycles. The molecule has 4 heteroatoms. The van der Waals surface area contributed by atoms with Crippen LogP contribution >= 0.6 is 0 Å². The molecule has 1 aliphatic rings. The number of ether oxygens (including phenoxy) is 3. The highest BCUT2D eigenvalue weighted by atomic mass is 16.9. The lowest BCUT2D eigenvalue weighted by Crippen LogP contribution is -2.27. The fourth-order valence-electron chi connectivity index (χ4n) is 1.05. The molecule has 1 fully saturated rings. The van der Waals surface area contributed by atoms with E-state index < -0.39 is 5.97 Å². The molecule has 1 atom stereocenters. The minimum absolute atomic E-state index is 0.0811. The normalized spacial score (nSPS) is 27.0. The summed E-state index contributed by atoms with van der Waals surface area (Å²) in [6, 6.07) is 0. The average molecular weight is 161 g/mol. The van der Waals surface area contributed by atoms with Crippen molar-refractivity contribution in [3.05, 3.63) is 0 Å². The summed E-state index contributed by atoms with van der Waals surface area (Å²) >= 11 is 0. The maximum absolute atomic E-state index is 5.38. The Morgan fingerprint density at radius 3 is 2.18 bits per heavy atom. The van der Waals surface area contributed by atoms with Crippen molar-refractivity contribution >= 4 is 0 Å². The fourth-order valence-corrected chi connectivity index (χ4v) is 1.05. The summed E-state index contributed by atoms with van der Waals surface area (Å²) < 4.78 is 15.7. The van der Waals surface area contributed by atoms with Gasteiger partial charge < -0.3 is 19.9 Å². The molecule has 0 amide bonds. The lowest BCUT2D eigenvalue weighted by Gasteiger charge is -2.11. The summed E-state index contributed by atoms with van der Waals surface area (Å²) in [7, 11) is 0. The molecule has 0 spiro atoms. The van der Waals surface area contributed by atoms with E-state index in [-0.39, 0.29) is 6.10 Å². The Bertz CT molecular complexity index is 123. The van der Waals surface area contributed by atoms with Crippen LogP contribution in [0, 0.1) is 0 Å². The molecule has 1 aliphatic heterocycles. The van der Waals surface area contributed by atoms with E-state index in [4.69, 9.17) is 19.9 Å². The van der Waals surface area contributed by atoms with Gasteiger partial charge in [0.15, 0.2) is 6.10 Å². The van der Waals surface area contributed by atoms with Crippen LogP contribution in [0.25, 0.3) is 0 Å². The van der Waals surface area contributed by atoms with Crippen molar-refractivity contribution in [2.75, 3.05) is 19.8 Å². The first-order chi connectivity index (χ1) is 5.29. The largest absolute Gasteiger partial charge is 0.328 e. The van der Waals surface area contributed by atoms with Crippen LogP contribution in [0.2, 0.25) is 0 Å². The summed E-state index contributed by atoms with van der Waals surface area (Å²) in [6.45, 7) is 5.40. The van der Waals surface area contributed by atoms with Crippen LogP contribution in [0.3, 0.4) is 0 Å². The van der Waals surface area contributed by atoms with Crippen molar-refractivity contribution in [3.8, 4) is 0 Å². The monoisotopic (exact) mass is 161 g/mol. The van der Waals surface area contributed by atoms with Crippen molar-refractivity contribution < 1.29 is 14.2 Å². The van der Waals surface area contributed by atoms with E-state index in [1.54, 1.807) is 0 Å². The van der Waals surface area contributed by atoms with Crippen molar-refractivity contribution in [2.45, 2.75) is 25.9 Å². The minimum atomic E-state index is -0.807. The van der Waals surface area contributed by atoms with E-state index in [0.717, 1.165) is 0 Å². The van der Waals surface area contributed by atoms with Gasteiger partial charge in [-0.15, -0.1) is 0 Å². The van der Waals surface area contributed by atoms with Gasteiger partial charge in [0, 0.05) is 19.8 Å². The van der Waals surface area contributed by atoms with E-state index >= 15 is 0 Å². The lowest BCUT2D eigenvalue weighted by molar-refractivity contribution is -0.223. The maximum Gasteiger partial charge on any atom is 0.312 e. The van der Waals surface area contributed by atoms with Crippen molar-refractivity contribution in [1.82, 2.24) is 0 Å². The lowest BCUT2D eigenvalue weighted by atomic mass is 10.4. The molecule has 11 heavy (non-hydrogen) atoms. The van der Waals surface area contributed by atoms with Crippen LogP contribution in [0.1, 0.15) is 13.8 Å². The van der Waals surface area contributed by atoms with E-state index in [2.05, 4.69) is 0 Å². The van der Waals surface area contributed by atoms with Gasteiger partial charge in [-0.25, -0.2) is 0 Å². The van der Waals surface area contributed by atoms with Crippen LogP contribution in [-0.4, -0.2) is 31.8 Å². The van der Waals surface area contributed by atoms with Gasteiger partial charge in [0.25, 0.3) is 0 Å². The zero-order valence-electron chi connectivity index (χ0n) is 7.00. The molecule has 1 unspecified atom stereocenters. The molecule has 0 aliphatic carbocycles. The topological polar surface area (TPSA) is 57.0 Å². The summed E-state index contributed by atoms with van der Waals surface area (Å²) in [5.74, 6) is -0.807. The molecule has 2 N–H and O–H groups in total. The van der Waals surface area contributed by atoms with Crippen molar-refractivity contribution in [3.63, 3.8) is 0 Å². The second kappa shape index (κ2) is 3.49. The van der Waals surface area contributed by atoms with E-state index in [9.17, 15) is 0 Å². The summed E-state index contributed by atoms with van der Waals surface area (Å²) in [5, 5.41) is 0. The number of rotatable bonds is 5. The van der Waals surface area contributed by atoms with Gasteiger partial charge in [-0.05, 0) is 13.8 Å². The summed E-state index contributed by atoms with van der Waals surface area (Å²) in [4.78, 5) is 0. The minimum Gasteiger partial charge on any atom is -0.328 e. The molecule has 0 aromatic heterocycles.